The van der Waals surface area contributed by atoms with Crippen LogP contribution < -0.4 is 0 Å². The quantitative estimate of drug-likeness (QED) is 0.545. The van der Waals surface area contributed by atoms with E-state index in [0.717, 1.165) is 49.4 Å². The van der Waals surface area contributed by atoms with Crippen LogP contribution in [0.4, 0.5) is 0 Å². The molecule has 3 fully saturated rings. The van der Waals surface area contributed by atoms with Crippen molar-refractivity contribution in [3.8, 4) is 0 Å². The minimum atomic E-state index is -0.348. The zero-order valence-corrected chi connectivity index (χ0v) is 13.7. The number of hydrogen-bond donors (Lipinski definition) is 0. The van der Waals surface area contributed by atoms with Crippen LogP contribution in [0.1, 0.15) is 65.7 Å². The molecule has 120 valence electrons. The molecule has 3 heteroatoms. The third kappa shape index (κ3) is 3.13. The second kappa shape index (κ2) is 6.28. The zero-order valence-electron chi connectivity index (χ0n) is 13.7. The molecule has 0 radical (unpaired) electrons. The van der Waals surface area contributed by atoms with Crippen molar-refractivity contribution >= 4 is 5.97 Å². The molecule has 3 saturated carbocycles. The summed E-state index contributed by atoms with van der Waals surface area (Å²) in [4.78, 5) is 12.5. The van der Waals surface area contributed by atoms with Crippen molar-refractivity contribution in [1.82, 2.24) is 0 Å². The van der Waals surface area contributed by atoms with E-state index in [2.05, 4.69) is 6.92 Å². The van der Waals surface area contributed by atoms with Crippen LogP contribution in [0.2, 0.25) is 0 Å². The number of fused-ring (bicyclic) bond motifs is 5. The molecule has 0 amide bonds. The molecule has 5 atom stereocenters. The van der Waals surface area contributed by atoms with Crippen LogP contribution >= 0.6 is 0 Å². The van der Waals surface area contributed by atoms with Crippen molar-refractivity contribution < 1.29 is 14.3 Å². The summed E-state index contributed by atoms with van der Waals surface area (Å²) < 4.78 is 11.4. The van der Waals surface area contributed by atoms with Gasteiger partial charge in [0.15, 0.2) is 0 Å². The van der Waals surface area contributed by atoms with E-state index < -0.39 is 0 Å². The number of esters is 1. The summed E-state index contributed by atoms with van der Waals surface area (Å²) in [6, 6.07) is 0. The van der Waals surface area contributed by atoms with Crippen molar-refractivity contribution in [3.05, 3.63) is 0 Å². The summed E-state index contributed by atoms with van der Waals surface area (Å²) in [5.74, 6) is 3.60. The van der Waals surface area contributed by atoms with Gasteiger partial charge < -0.3 is 9.47 Å². The second-order valence-electron chi connectivity index (χ2n) is 7.67. The van der Waals surface area contributed by atoms with Gasteiger partial charge in [-0.25, -0.2) is 0 Å². The number of carbonyl (C=O) groups is 1. The fourth-order valence-corrected chi connectivity index (χ4v) is 5.13. The van der Waals surface area contributed by atoms with Gasteiger partial charge in [0.25, 0.3) is 0 Å². The van der Waals surface area contributed by atoms with Gasteiger partial charge in [-0.05, 0) is 69.6 Å². The summed E-state index contributed by atoms with van der Waals surface area (Å²) in [5, 5.41) is 0. The molecule has 3 rings (SSSR count). The molecule has 0 aromatic carbocycles. The molecule has 0 aromatic rings. The van der Waals surface area contributed by atoms with Crippen LogP contribution in [0.3, 0.4) is 0 Å². The van der Waals surface area contributed by atoms with Gasteiger partial charge in [-0.1, -0.05) is 13.3 Å². The van der Waals surface area contributed by atoms with Gasteiger partial charge in [0.2, 0.25) is 6.29 Å². The van der Waals surface area contributed by atoms with Crippen molar-refractivity contribution in [3.63, 3.8) is 0 Å². The van der Waals surface area contributed by atoms with E-state index >= 15 is 0 Å². The Morgan fingerprint density at radius 2 is 1.71 bits per heavy atom. The molecule has 0 saturated heterocycles. The molecule has 0 heterocycles. The molecule has 2 bridgehead atoms. The van der Waals surface area contributed by atoms with Gasteiger partial charge in [-0.15, -0.1) is 0 Å². The van der Waals surface area contributed by atoms with Crippen LogP contribution in [0.5, 0.6) is 0 Å². The molecule has 0 N–H and O–H groups in total. The highest BCUT2D eigenvalue weighted by Gasteiger charge is 2.53. The molecule has 0 spiro atoms. The molecule has 21 heavy (non-hydrogen) atoms. The van der Waals surface area contributed by atoms with Crippen LogP contribution in [0, 0.1) is 29.6 Å². The minimum absolute atomic E-state index is 0.00269. The molecule has 3 aliphatic carbocycles. The third-order valence-electron chi connectivity index (χ3n) is 5.92. The summed E-state index contributed by atoms with van der Waals surface area (Å²) >= 11 is 0. The molecule has 3 nitrogen and oxygen atoms in total. The predicted molar refractivity (Wildman–Crippen MR) is 81.5 cm³/mol. The van der Waals surface area contributed by atoms with Gasteiger partial charge in [0.05, 0.1) is 12.0 Å². The van der Waals surface area contributed by atoms with Crippen LogP contribution in [0.25, 0.3) is 0 Å². The summed E-state index contributed by atoms with van der Waals surface area (Å²) in [5.41, 5.74) is 0. The Balaban J connectivity index is 1.54. The second-order valence-corrected chi connectivity index (χ2v) is 7.67. The molecule has 0 aromatic heterocycles. The van der Waals surface area contributed by atoms with E-state index in [1.807, 2.05) is 13.8 Å². The molecular weight excluding hydrogens is 264 g/mol. The number of rotatable bonds is 6. The van der Waals surface area contributed by atoms with Crippen LogP contribution in [0.15, 0.2) is 0 Å². The number of ether oxygens (including phenoxy) is 2. The summed E-state index contributed by atoms with van der Waals surface area (Å²) in [7, 11) is 0. The van der Waals surface area contributed by atoms with Gasteiger partial charge in [0, 0.05) is 6.42 Å². The summed E-state index contributed by atoms with van der Waals surface area (Å²) in [6.07, 6.45) is 7.93. The Morgan fingerprint density at radius 3 is 2.24 bits per heavy atom. The lowest BCUT2D eigenvalue weighted by molar-refractivity contribution is -0.192. The Kier molecular flexibility index (Phi) is 4.58. The van der Waals surface area contributed by atoms with Crippen molar-refractivity contribution in [2.75, 3.05) is 0 Å². The van der Waals surface area contributed by atoms with Crippen LogP contribution in [-0.4, -0.2) is 18.4 Å². The predicted octanol–water partition coefficient (Wildman–Crippen LogP) is 4.15. The summed E-state index contributed by atoms with van der Waals surface area (Å²) in [6.45, 7) is 6.09. The Bertz CT molecular complexity index is 361. The SMILES string of the molecule is CCCC(OC(=O)C1CC2C3CCC(C3)C2C1)OC(C)C. The maximum absolute atomic E-state index is 12.5. The third-order valence-corrected chi connectivity index (χ3v) is 5.92. The molecular formula is C18H30O3. The first-order valence-corrected chi connectivity index (χ1v) is 8.94. The van der Waals surface area contributed by atoms with Crippen LogP contribution in [-0.2, 0) is 14.3 Å². The topological polar surface area (TPSA) is 35.5 Å². The standard InChI is InChI=1S/C18H30O3/c1-4-5-17(20-11(2)3)21-18(19)14-9-15-12-6-7-13(8-12)16(15)10-14/h11-17H,4-10H2,1-3H3. The largest absolute Gasteiger partial charge is 0.436 e. The highest BCUT2D eigenvalue weighted by Crippen LogP contribution is 2.60. The fourth-order valence-electron chi connectivity index (χ4n) is 5.13. The lowest BCUT2D eigenvalue weighted by Gasteiger charge is -2.23. The van der Waals surface area contributed by atoms with E-state index in [1.165, 1.54) is 19.3 Å². The van der Waals surface area contributed by atoms with E-state index in [1.54, 1.807) is 0 Å². The first-order chi connectivity index (χ1) is 10.1. The molecule has 0 aliphatic heterocycles. The van der Waals surface area contributed by atoms with E-state index in [4.69, 9.17) is 9.47 Å². The van der Waals surface area contributed by atoms with E-state index in [9.17, 15) is 4.79 Å². The fraction of sp³-hybridized carbons (Fsp3) is 0.944. The molecule has 5 unspecified atom stereocenters. The monoisotopic (exact) mass is 294 g/mol. The minimum Gasteiger partial charge on any atom is -0.436 e. The first-order valence-electron chi connectivity index (χ1n) is 8.94. The maximum atomic E-state index is 12.5. The average molecular weight is 294 g/mol. The normalized spacial score (nSPS) is 38.8. The van der Waals surface area contributed by atoms with Crippen molar-refractivity contribution in [1.29, 1.82) is 0 Å². The molecule has 3 aliphatic rings. The lowest BCUT2D eigenvalue weighted by atomic mass is 9.82. The van der Waals surface area contributed by atoms with Gasteiger partial charge in [-0.2, -0.15) is 0 Å². The van der Waals surface area contributed by atoms with Crippen molar-refractivity contribution in [2.45, 2.75) is 78.1 Å². The van der Waals surface area contributed by atoms with E-state index in [-0.39, 0.29) is 24.3 Å². The zero-order chi connectivity index (χ0) is 15.0. The number of carbonyl (C=O) groups excluding carboxylic acids is 1. The lowest BCUT2D eigenvalue weighted by Crippen LogP contribution is -2.28. The average Bonchev–Trinajstić information content (AvgIpc) is 3.10. The smallest absolute Gasteiger partial charge is 0.311 e. The number of hydrogen-bond acceptors (Lipinski definition) is 3. The highest BCUT2D eigenvalue weighted by molar-refractivity contribution is 5.73. The first kappa shape index (κ1) is 15.3. The van der Waals surface area contributed by atoms with Gasteiger partial charge in [-0.3, -0.25) is 4.79 Å². The van der Waals surface area contributed by atoms with Gasteiger partial charge in [0.1, 0.15) is 0 Å². The Hall–Kier alpha value is -0.570. The van der Waals surface area contributed by atoms with Crippen molar-refractivity contribution in [2.24, 2.45) is 29.6 Å². The maximum Gasteiger partial charge on any atom is 0.311 e. The van der Waals surface area contributed by atoms with Gasteiger partial charge >= 0.3 is 5.97 Å². The van der Waals surface area contributed by atoms with E-state index in [0.29, 0.717) is 0 Å². The Labute approximate surface area is 128 Å². The highest BCUT2D eigenvalue weighted by atomic mass is 16.7. The Morgan fingerprint density at radius 1 is 1.10 bits per heavy atom.